The highest BCUT2D eigenvalue weighted by Gasteiger charge is 2.05. The van der Waals surface area contributed by atoms with Crippen LogP contribution in [0.2, 0.25) is 0 Å². The van der Waals surface area contributed by atoms with E-state index in [1.165, 1.54) is 7.11 Å². The first-order valence-electron chi connectivity index (χ1n) is 5.55. The van der Waals surface area contributed by atoms with Gasteiger partial charge in [0, 0.05) is 26.0 Å². The molecule has 1 aromatic rings. The Balaban J connectivity index is 2.18. The van der Waals surface area contributed by atoms with Gasteiger partial charge in [0.25, 0.3) is 0 Å². The monoisotopic (exact) mass is 238 g/mol. The summed E-state index contributed by atoms with van der Waals surface area (Å²) in [5.74, 6) is -0.0548. The first-order chi connectivity index (χ1) is 8.22. The van der Waals surface area contributed by atoms with E-state index in [-0.39, 0.29) is 5.91 Å². The Morgan fingerprint density at radius 3 is 2.88 bits per heavy atom. The van der Waals surface area contributed by atoms with Crippen molar-refractivity contribution < 1.29 is 14.6 Å². The molecular weight excluding hydrogens is 220 g/mol. The topological polar surface area (TPSA) is 71.5 Å². The minimum Gasteiger partial charge on any atom is -0.391 e. The molecule has 0 saturated heterocycles. The van der Waals surface area contributed by atoms with Crippen molar-refractivity contribution in [3.63, 3.8) is 0 Å². The van der Waals surface area contributed by atoms with Crippen LogP contribution in [0.4, 0.5) is 0 Å². The van der Waals surface area contributed by atoms with Gasteiger partial charge in [0.1, 0.15) is 0 Å². The Bertz CT molecular complexity index is 330. The quantitative estimate of drug-likeness (QED) is 0.708. The van der Waals surface area contributed by atoms with E-state index in [1.807, 2.05) is 0 Å². The molecule has 1 rings (SSSR count). The lowest BCUT2D eigenvalue weighted by Crippen LogP contribution is -2.29. The summed E-state index contributed by atoms with van der Waals surface area (Å²) < 4.78 is 4.79. The van der Waals surface area contributed by atoms with Crippen LogP contribution >= 0.6 is 0 Å². The number of aliphatic hydroxyl groups excluding tert-OH is 1. The summed E-state index contributed by atoms with van der Waals surface area (Å²) in [5, 5.41) is 12.1. The zero-order chi connectivity index (χ0) is 12.5. The van der Waals surface area contributed by atoms with Crippen LogP contribution in [0, 0.1) is 0 Å². The van der Waals surface area contributed by atoms with Crippen LogP contribution in [0.5, 0.6) is 0 Å². The predicted molar refractivity (Wildman–Crippen MR) is 63.5 cm³/mol. The number of pyridine rings is 1. The predicted octanol–water partition coefficient (Wildman–Crippen LogP) is 0.138. The van der Waals surface area contributed by atoms with Crippen LogP contribution in [0.25, 0.3) is 0 Å². The molecule has 17 heavy (non-hydrogen) atoms. The third kappa shape index (κ3) is 5.99. The third-order valence-electron chi connectivity index (χ3n) is 2.27. The first-order valence-corrected chi connectivity index (χ1v) is 5.55. The maximum absolute atomic E-state index is 11.5. The molecule has 0 aromatic carbocycles. The lowest BCUT2D eigenvalue weighted by molar-refractivity contribution is -0.120. The van der Waals surface area contributed by atoms with E-state index in [4.69, 9.17) is 4.74 Å². The van der Waals surface area contributed by atoms with Crippen molar-refractivity contribution in [2.24, 2.45) is 0 Å². The molecular formula is C12H18N2O3. The Morgan fingerprint density at radius 2 is 2.24 bits per heavy atom. The van der Waals surface area contributed by atoms with Crippen LogP contribution in [0.1, 0.15) is 12.0 Å². The molecule has 1 atom stereocenters. The average molecular weight is 238 g/mol. The van der Waals surface area contributed by atoms with Crippen molar-refractivity contribution in [2.45, 2.75) is 18.9 Å². The zero-order valence-corrected chi connectivity index (χ0v) is 9.93. The number of hydrogen-bond acceptors (Lipinski definition) is 4. The standard InChI is InChI=1S/C12H18N2O3/c1-17-9-11(15)4-7-14-12(16)8-10-2-5-13-6-3-10/h2-3,5-6,11,15H,4,7-9H2,1H3,(H,14,16). The highest BCUT2D eigenvalue weighted by Crippen LogP contribution is 1.97. The maximum Gasteiger partial charge on any atom is 0.224 e. The number of amides is 1. The molecule has 0 aliphatic heterocycles. The second-order valence-electron chi connectivity index (χ2n) is 3.78. The molecule has 1 amide bonds. The molecule has 2 N–H and O–H groups in total. The average Bonchev–Trinajstić information content (AvgIpc) is 2.30. The largest absolute Gasteiger partial charge is 0.391 e. The number of nitrogens with one attached hydrogen (secondary N) is 1. The molecule has 1 aromatic heterocycles. The molecule has 0 bridgehead atoms. The second-order valence-corrected chi connectivity index (χ2v) is 3.78. The van der Waals surface area contributed by atoms with Crippen molar-refractivity contribution in [1.29, 1.82) is 0 Å². The number of ether oxygens (including phenoxy) is 1. The molecule has 1 heterocycles. The number of hydrogen-bond donors (Lipinski definition) is 2. The maximum atomic E-state index is 11.5. The molecule has 0 spiro atoms. The van der Waals surface area contributed by atoms with Gasteiger partial charge in [-0.2, -0.15) is 0 Å². The fraction of sp³-hybridized carbons (Fsp3) is 0.500. The molecule has 5 nitrogen and oxygen atoms in total. The summed E-state index contributed by atoms with van der Waals surface area (Å²) in [4.78, 5) is 15.4. The molecule has 0 saturated carbocycles. The van der Waals surface area contributed by atoms with E-state index in [0.29, 0.717) is 26.0 Å². The van der Waals surface area contributed by atoms with E-state index < -0.39 is 6.10 Å². The van der Waals surface area contributed by atoms with E-state index in [1.54, 1.807) is 24.5 Å². The lowest BCUT2D eigenvalue weighted by atomic mass is 10.2. The molecule has 0 aliphatic carbocycles. The first kappa shape index (κ1) is 13.6. The normalized spacial score (nSPS) is 12.1. The summed E-state index contributed by atoms with van der Waals surface area (Å²) >= 11 is 0. The Morgan fingerprint density at radius 1 is 1.53 bits per heavy atom. The van der Waals surface area contributed by atoms with Gasteiger partial charge in [-0.05, 0) is 24.1 Å². The fourth-order valence-corrected chi connectivity index (χ4v) is 1.40. The summed E-state index contributed by atoms with van der Waals surface area (Å²) in [6, 6.07) is 3.61. The molecule has 0 radical (unpaired) electrons. The van der Waals surface area contributed by atoms with Gasteiger partial charge >= 0.3 is 0 Å². The van der Waals surface area contributed by atoms with Crippen molar-refractivity contribution in [1.82, 2.24) is 10.3 Å². The molecule has 0 aliphatic rings. The van der Waals surface area contributed by atoms with Gasteiger partial charge in [0.05, 0.1) is 19.1 Å². The van der Waals surface area contributed by atoms with Gasteiger partial charge < -0.3 is 15.2 Å². The van der Waals surface area contributed by atoms with Gasteiger partial charge in [-0.1, -0.05) is 0 Å². The molecule has 0 fully saturated rings. The Hall–Kier alpha value is -1.46. The smallest absolute Gasteiger partial charge is 0.224 e. The van der Waals surface area contributed by atoms with E-state index in [2.05, 4.69) is 10.3 Å². The minimum atomic E-state index is -0.527. The molecule has 94 valence electrons. The Labute approximate surface area is 101 Å². The van der Waals surface area contributed by atoms with Gasteiger partial charge in [-0.3, -0.25) is 9.78 Å². The SMILES string of the molecule is COCC(O)CCNC(=O)Cc1ccncc1. The van der Waals surface area contributed by atoms with Crippen molar-refractivity contribution in [3.8, 4) is 0 Å². The van der Waals surface area contributed by atoms with Crippen LogP contribution < -0.4 is 5.32 Å². The van der Waals surface area contributed by atoms with Gasteiger partial charge in [-0.15, -0.1) is 0 Å². The van der Waals surface area contributed by atoms with Gasteiger partial charge in [0.15, 0.2) is 0 Å². The highest BCUT2D eigenvalue weighted by molar-refractivity contribution is 5.78. The van der Waals surface area contributed by atoms with E-state index in [0.717, 1.165) is 5.56 Å². The number of aromatic nitrogens is 1. The minimum absolute atomic E-state index is 0.0548. The highest BCUT2D eigenvalue weighted by atomic mass is 16.5. The third-order valence-corrected chi connectivity index (χ3v) is 2.27. The second kappa shape index (κ2) is 7.76. The number of carbonyl (C=O) groups is 1. The summed E-state index contributed by atoms with van der Waals surface area (Å²) in [7, 11) is 1.53. The number of rotatable bonds is 7. The Kier molecular flexibility index (Phi) is 6.21. The number of carbonyl (C=O) groups excluding carboxylic acids is 1. The van der Waals surface area contributed by atoms with E-state index >= 15 is 0 Å². The number of methoxy groups -OCH3 is 1. The van der Waals surface area contributed by atoms with Crippen molar-refractivity contribution >= 4 is 5.91 Å². The van der Waals surface area contributed by atoms with Crippen LogP contribution in [-0.2, 0) is 16.0 Å². The molecule has 1 unspecified atom stereocenters. The fourth-order valence-electron chi connectivity index (χ4n) is 1.40. The lowest BCUT2D eigenvalue weighted by Gasteiger charge is -2.10. The summed E-state index contributed by atoms with van der Waals surface area (Å²) in [6.07, 6.45) is 3.62. The summed E-state index contributed by atoms with van der Waals surface area (Å²) in [5.41, 5.74) is 0.926. The van der Waals surface area contributed by atoms with Crippen LogP contribution in [0.15, 0.2) is 24.5 Å². The van der Waals surface area contributed by atoms with Crippen LogP contribution in [-0.4, -0.2) is 42.4 Å². The van der Waals surface area contributed by atoms with E-state index in [9.17, 15) is 9.90 Å². The number of aliphatic hydroxyl groups is 1. The number of nitrogens with zero attached hydrogens (tertiary/aromatic N) is 1. The summed E-state index contributed by atoms with van der Waals surface area (Å²) in [6.45, 7) is 0.745. The van der Waals surface area contributed by atoms with Crippen molar-refractivity contribution in [3.05, 3.63) is 30.1 Å². The van der Waals surface area contributed by atoms with Gasteiger partial charge in [0.2, 0.25) is 5.91 Å². The van der Waals surface area contributed by atoms with Crippen LogP contribution in [0.3, 0.4) is 0 Å². The van der Waals surface area contributed by atoms with Crippen molar-refractivity contribution in [2.75, 3.05) is 20.3 Å². The molecule has 5 heteroatoms. The van der Waals surface area contributed by atoms with Gasteiger partial charge in [-0.25, -0.2) is 0 Å². The zero-order valence-electron chi connectivity index (χ0n) is 9.93.